The Bertz CT molecular complexity index is 3330. The zero-order valence-corrected chi connectivity index (χ0v) is 68.6. The van der Waals surface area contributed by atoms with Crippen molar-refractivity contribution >= 4 is 44.2 Å². The molecule has 0 bridgehead atoms. The third kappa shape index (κ3) is 54.5. The highest BCUT2D eigenvalue weighted by molar-refractivity contribution is 8.76. The molecule has 0 saturated carbocycles. The second-order valence-corrected chi connectivity index (χ2v) is 40.8. The van der Waals surface area contributed by atoms with Crippen LogP contribution in [0, 0.1) is 190 Å². The molecule has 14 heteroatoms. The molecule has 10 nitrogen and oxygen atoms in total. The normalized spacial score (nSPS) is 12.8. The number of aliphatic hydroxyl groups is 2. The van der Waals surface area contributed by atoms with Gasteiger partial charge in [-0.3, -0.25) is 19.5 Å². The second kappa shape index (κ2) is 61.5. The monoisotopic (exact) mass is 1460 g/mol. The van der Waals surface area contributed by atoms with Crippen molar-refractivity contribution in [3.05, 3.63) is 0 Å². The zero-order valence-electron chi connectivity index (χ0n) is 65.0. The minimum atomic E-state index is -2.06. The Morgan fingerprint density at radius 3 is 1.12 bits per heavy atom. The van der Waals surface area contributed by atoms with E-state index >= 15 is 0 Å². The third-order valence-corrected chi connectivity index (χ3v) is 29.6. The van der Waals surface area contributed by atoms with Crippen LogP contribution in [-0.4, -0.2) is 173 Å². The van der Waals surface area contributed by atoms with Crippen LogP contribution in [0.5, 0.6) is 0 Å². The Hall–Kier alpha value is -6.76. The summed E-state index contributed by atoms with van der Waals surface area (Å²) in [6.07, 6.45) is 35.3. The van der Waals surface area contributed by atoms with Crippen molar-refractivity contribution in [1.82, 2.24) is 19.6 Å². The highest BCUT2D eigenvalue weighted by atomic mass is 33.1. The van der Waals surface area contributed by atoms with Gasteiger partial charge in [0.2, 0.25) is 0 Å². The van der Waals surface area contributed by atoms with Crippen molar-refractivity contribution in [3.8, 4) is 190 Å². The quantitative estimate of drug-likeness (QED) is 0.0200. The molecule has 0 amide bonds. The number of carbonyl (C=O) groups excluding carboxylic acids is 1. The summed E-state index contributed by atoms with van der Waals surface area (Å²) in [5.74, 6) is 77.5. The van der Waals surface area contributed by atoms with E-state index < -0.39 is 28.8 Å². The van der Waals surface area contributed by atoms with Gasteiger partial charge >= 0.3 is 5.97 Å². The number of ether oxygens (including phenoxy) is 1. The number of aliphatic hydroxyl groups excluding tert-OH is 2. The number of rotatable bonds is 47. The average molecular weight is 1460 g/mol. The van der Waals surface area contributed by atoms with Gasteiger partial charge in [-0.2, -0.15) is 0 Å². The number of terminal acetylenes is 2. The predicted octanol–water partition coefficient (Wildman–Crippen LogP) is 14.0. The molecule has 0 radical (unpaired) electrons. The van der Waals surface area contributed by atoms with E-state index in [1.807, 2.05) is 26.5 Å². The van der Waals surface area contributed by atoms with E-state index in [1.165, 1.54) is 103 Å². The molecule has 4 atom stereocenters. The smallest absolute Gasteiger partial charge is 0.305 e. The van der Waals surface area contributed by atoms with Gasteiger partial charge in [-0.25, -0.2) is 0 Å². The first-order chi connectivity index (χ1) is 49.6. The van der Waals surface area contributed by atoms with Crippen molar-refractivity contribution in [1.29, 1.82) is 0 Å². The molecule has 0 aliphatic carbocycles. The molecule has 0 aromatic heterocycles. The van der Waals surface area contributed by atoms with Crippen molar-refractivity contribution < 1.29 is 28.6 Å². The molecule has 1 aliphatic heterocycles. The van der Waals surface area contributed by atoms with Crippen LogP contribution in [-0.2, 0) is 18.4 Å². The number of hydrogen-bond donors (Lipinski definition) is 2. The zero-order chi connectivity index (χ0) is 75.8. The third-order valence-electron chi connectivity index (χ3n) is 17.9. The lowest BCUT2D eigenvalue weighted by molar-refractivity contribution is -0.144. The van der Waals surface area contributed by atoms with Crippen molar-refractivity contribution in [2.75, 3.05) is 96.6 Å². The Balaban J connectivity index is 2.87. The molecule has 0 spiro atoms. The summed E-state index contributed by atoms with van der Waals surface area (Å²) in [6.45, 7) is 38.1. The van der Waals surface area contributed by atoms with Gasteiger partial charge in [-0.1, -0.05) is 192 Å². The van der Waals surface area contributed by atoms with Gasteiger partial charge in [0.15, 0.2) is 16.6 Å². The highest BCUT2D eigenvalue weighted by Crippen LogP contribution is 2.39. The van der Waals surface area contributed by atoms with Gasteiger partial charge in [0.05, 0.1) is 12.2 Å². The van der Waals surface area contributed by atoms with Crippen LogP contribution in [0.3, 0.4) is 0 Å². The molecule has 1 fully saturated rings. The highest BCUT2D eigenvalue weighted by Gasteiger charge is 2.41. The van der Waals surface area contributed by atoms with Crippen LogP contribution in [0.2, 0.25) is 36.3 Å². The second-order valence-electron chi connectivity index (χ2n) is 28.6. The van der Waals surface area contributed by atoms with Gasteiger partial charge in [-0.05, 0) is 260 Å². The summed E-state index contributed by atoms with van der Waals surface area (Å²) >= 11 is 0. The van der Waals surface area contributed by atoms with Crippen molar-refractivity contribution in [2.45, 2.75) is 264 Å². The summed E-state index contributed by atoms with van der Waals surface area (Å²) in [4.78, 5) is 23.0. The minimum absolute atomic E-state index is 0.102. The van der Waals surface area contributed by atoms with Crippen LogP contribution in [0.4, 0.5) is 0 Å². The molecule has 1 heterocycles. The van der Waals surface area contributed by atoms with Crippen LogP contribution in [0.25, 0.3) is 0 Å². The largest absolute Gasteiger partial charge is 0.464 e. The van der Waals surface area contributed by atoms with E-state index in [9.17, 15) is 15.0 Å². The van der Waals surface area contributed by atoms with Gasteiger partial charge in [-0.15, -0.1) is 12.8 Å². The van der Waals surface area contributed by atoms with E-state index in [0.717, 1.165) is 109 Å². The SMILES string of the molecule is C#CC#CC#CC#CC#CC#CC#CC#CC(O)CN(CCCCSSCCCN1CCN(CCOC(=O)CCCN(CC(CCCCCCCCCC)O[Si](C)(C)C(C)(C)C)CC(CCCCCCCCCC)O[Si](C)(C)C(C)(C)C)CC1)CC(O)C#CC#CC#CC#CC#CC#CC#CC#C. The molecule has 2 N–H and O–H groups in total. The number of esters is 1. The number of unbranched alkanes of at least 4 members (excludes halogenated alkanes) is 15. The Morgan fingerprint density at radius 2 is 0.748 bits per heavy atom. The van der Waals surface area contributed by atoms with E-state index in [1.54, 1.807) is 0 Å². The topological polar surface area (TPSA) is 98.2 Å². The molecule has 4 unspecified atom stereocenters. The summed E-state index contributed by atoms with van der Waals surface area (Å²) in [5.41, 5.74) is 0. The van der Waals surface area contributed by atoms with Crippen molar-refractivity contribution in [2.24, 2.45) is 0 Å². The summed E-state index contributed by atoms with van der Waals surface area (Å²) in [7, 11) is -0.353. The molecule has 0 aromatic carbocycles. The number of carbonyl (C=O) groups is 1. The maximum absolute atomic E-state index is 13.5. The Labute approximate surface area is 639 Å². The van der Waals surface area contributed by atoms with E-state index in [4.69, 9.17) is 26.4 Å². The summed E-state index contributed by atoms with van der Waals surface area (Å²) in [6, 6.07) is 0. The number of nitrogens with zero attached hydrogens (tertiary/aromatic N) is 4. The standard InChI is InChI=1S/C89H120N4O6S2Si2/c1-15-19-23-27-31-35-37-39-41-43-45-47-51-55-63-83(94)79-92(80-84(95)64-56-52-48-46-44-42-40-38-36-32-28-24-20-16-2)68-59-60-77-100-101-78-62-70-90-71-73-91(74-72-90)75-76-97-87(96)67-61-69-93(81-85(98-102(11,12)88(5,6)7)65-57-53-49-33-29-25-21-17-3)82-86(99-103(13,14)89(8,9)10)66-58-54-50-34-30-26-22-18-4/h1-2,83-86,94-95H,17-18,21-22,25-26,29-30,33-34,49-50,53-54,57-62,65-82H2,3-14H3. The first kappa shape index (κ1) is 94.3. The molecular formula is C89H120N4O6S2Si2. The Kier molecular flexibility index (Phi) is 56.3. The van der Waals surface area contributed by atoms with Crippen LogP contribution < -0.4 is 0 Å². The molecule has 1 rings (SSSR count). The first-order valence-electron chi connectivity index (χ1n) is 37.5. The fraction of sp³-hybridized carbons (Fsp3) is 0.629. The van der Waals surface area contributed by atoms with E-state index in [-0.39, 0.29) is 41.3 Å². The Morgan fingerprint density at radius 1 is 0.427 bits per heavy atom. The van der Waals surface area contributed by atoms with Gasteiger partial charge in [0, 0.05) is 76.8 Å². The molecule has 1 saturated heterocycles. The van der Waals surface area contributed by atoms with Crippen LogP contribution in [0.15, 0.2) is 0 Å². The lowest BCUT2D eigenvalue weighted by atomic mass is 10.0. The van der Waals surface area contributed by atoms with Gasteiger partial charge in [0.1, 0.15) is 18.8 Å². The molecule has 103 heavy (non-hydrogen) atoms. The van der Waals surface area contributed by atoms with Crippen LogP contribution >= 0.6 is 21.6 Å². The average Bonchev–Trinajstić information content (AvgIpc) is 0.832. The lowest BCUT2D eigenvalue weighted by Crippen LogP contribution is -2.50. The molecule has 0 aromatic rings. The first-order valence-corrected chi connectivity index (χ1v) is 45.8. The summed E-state index contributed by atoms with van der Waals surface area (Å²) in [5, 5.41) is 21.9. The number of hydrogen-bond acceptors (Lipinski definition) is 12. The van der Waals surface area contributed by atoms with Crippen molar-refractivity contribution in [3.63, 3.8) is 0 Å². The van der Waals surface area contributed by atoms with Gasteiger partial charge < -0.3 is 28.7 Å². The predicted molar refractivity (Wildman–Crippen MR) is 442 cm³/mol. The molecule has 552 valence electrons. The van der Waals surface area contributed by atoms with Gasteiger partial charge in [0.25, 0.3) is 0 Å². The fourth-order valence-corrected chi connectivity index (χ4v) is 15.2. The minimum Gasteiger partial charge on any atom is -0.464 e. The molecular weight excluding hydrogens is 1340 g/mol. The van der Waals surface area contributed by atoms with Crippen LogP contribution in [0.1, 0.15) is 203 Å². The maximum atomic E-state index is 13.5. The lowest BCUT2D eigenvalue weighted by Gasteiger charge is -2.42. The molecule has 1 aliphatic rings. The fourth-order valence-electron chi connectivity index (χ4n) is 10.2. The van der Waals surface area contributed by atoms with E-state index in [2.05, 4.69) is 274 Å². The number of piperazine rings is 1. The van der Waals surface area contributed by atoms with E-state index in [0.29, 0.717) is 19.6 Å². The summed E-state index contributed by atoms with van der Waals surface area (Å²) < 4.78 is 20.7. The maximum Gasteiger partial charge on any atom is 0.305 e.